The molecule has 0 heterocycles. The summed E-state index contributed by atoms with van der Waals surface area (Å²) in [5.74, 6) is 1.01. The molecule has 0 atom stereocenters. The number of hydrogen-bond donors (Lipinski definition) is 32. The zero-order chi connectivity index (χ0) is 112. The summed E-state index contributed by atoms with van der Waals surface area (Å²) < 4.78 is 96.5. The second kappa shape index (κ2) is 134. The lowest BCUT2D eigenvalue weighted by molar-refractivity contribution is -0.323. The van der Waals surface area contributed by atoms with Crippen LogP contribution in [-0.4, -0.2) is 375 Å². The Balaban J connectivity index is -0.000000129. The molecule has 848 valence electrons. The molecule has 0 bridgehead atoms. The van der Waals surface area contributed by atoms with E-state index in [0.29, 0.717) is 97.4 Å². The normalized spacial score (nSPS) is 10.4. The monoisotopic (exact) mass is 2340 g/mol. The molecule has 0 aliphatic heterocycles. The van der Waals surface area contributed by atoms with Crippen LogP contribution in [0.25, 0.3) is 0 Å². The Labute approximate surface area is 929 Å². The summed E-state index contributed by atoms with van der Waals surface area (Å²) in [6.45, 7) is 13.2. The Morgan fingerprint density at radius 2 is 0.643 bits per heavy atom. The second-order valence-electron chi connectivity index (χ2n) is 28.7. The molecule has 0 amide bonds. The van der Waals surface area contributed by atoms with Crippen molar-refractivity contribution in [3.8, 4) is 23.7 Å². The molecule has 0 saturated carbocycles. The molecule has 0 saturated heterocycles. The Hall–Kier alpha value is -0.530. The molecular formula is C96H176ClF6NO25S14. The number of thiol groups is 12. The highest BCUT2D eigenvalue weighted by molar-refractivity contribution is 8.76. The van der Waals surface area contributed by atoms with E-state index in [2.05, 4.69) is 180 Å². The molecule has 4 aromatic rings. The molecular weight excluding hydrogens is 2170 g/mol. The van der Waals surface area contributed by atoms with Gasteiger partial charge in [0.2, 0.25) is 0 Å². The van der Waals surface area contributed by atoms with E-state index in [1.807, 2.05) is 91.5 Å². The van der Waals surface area contributed by atoms with Gasteiger partial charge in [-0.15, -0.1) is 75.8 Å². The smallest absolute Gasteiger partial charge is 0.376 e. The van der Waals surface area contributed by atoms with Crippen molar-refractivity contribution in [1.29, 1.82) is 0 Å². The summed E-state index contributed by atoms with van der Waals surface area (Å²) in [4.78, 5) is 7.46. The van der Waals surface area contributed by atoms with Crippen LogP contribution in [0, 0.1) is 30.6 Å². The Morgan fingerprint density at radius 3 is 0.874 bits per heavy atom. The number of nitrogens with zero attached hydrogens (tertiary/aromatic N) is 1. The van der Waals surface area contributed by atoms with Crippen LogP contribution in [0.4, 0.5) is 26.3 Å². The standard InChI is InChI=1S/C12H18O2.C8H14O4.C8H18O2.C8H18S2.C7H8S2.C6H5ClS2.C6H15NO2.C6H14O4.C6H6S2.C6H14S2.C5H6F6O2.C4H10O3.C4H10O2S2.C4H8O2.C4H6O2.C2H6S2/c1-11(2,13)9-5-7-10(8-6-9)12(3,4)14;9-3-7-11-5-1-2-6-12-8-4-10;2*9-7-5-3-1-2-4-6-8-10;1-5-2-3-6(8)7(9)4-5;7-5-2-1-4(8)3-6(5)9;1-2-7(3-5-8)4-6-9;7-1-3-9-5-6-10-4-2-8;7-5-1-2-6(8)4-3-5;7-5-3-1-2-4-6-8;6-3(7,1-12)5(10,11)4(8,9)2-13;5-1-3-7-4-2-6;5-1-3-7-8-4-2-6;2*5-3-1-2-4-6;3-1-2-4/h5-8,13-14H,1-4H3;9-10H,3-8H2;2*9-10H,1-8H2;2-4,8-9H,1H3;1-3,8-9H;8-9H,2-6H2,1H3;7-8H,1-6H2;1-4,7-8H;7-8H,1-6H2;12-13H,1-2H2;5-6H,1-4H2;5-6H,1-4H2;1-2,5-6H,3-4H2;5-6H,3-4H2;3-4H,1-2H2/b;;;;;;;;;;;;;2-1-;;. The first-order valence-corrected chi connectivity index (χ1v) is 55.2. The van der Waals surface area contributed by atoms with Crippen molar-refractivity contribution < 1.29 is 152 Å². The van der Waals surface area contributed by atoms with E-state index in [4.69, 9.17) is 122 Å². The van der Waals surface area contributed by atoms with Gasteiger partial charge in [-0.1, -0.05) is 170 Å². The molecule has 143 heavy (non-hydrogen) atoms. The van der Waals surface area contributed by atoms with Crippen molar-refractivity contribution >= 4 is 185 Å². The molecule has 0 unspecified atom stereocenters. The molecule has 0 aliphatic rings. The van der Waals surface area contributed by atoms with Gasteiger partial charge in [0.15, 0.2) is 0 Å². The lowest BCUT2D eigenvalue weighted by atomic mass is 9.93. The first-order valence-electron chi connectivity index (χ1n) is 45.9. The summed E-state index contributed by atoms with van der Waals surface area (Å²) in [5, 5.41) is 167. The highest BCUT2D eigenvalue weighted by Crippen LogP contribution is 2.45. The second-order valence-corrected chi connectivity index (χ2v) is 37.5. The van der Waals surface area contributed by atoms with Crippen LogP contribution in [0.15, 0.2) is 126 Å². The highest BCUT2D eigenvalue weighted by Gasteiger charge is 2.71. The molecule has 0 fully saturated rings. The fourth-order valence-electron chi connectivity index (χ4n) is 8.10. The van der Waals surface area contributed by atoms with Crippen LogP contribution in [0.5, 0.6) is 0 Å². The SMILES string of the molecule is CC(C)(O)c1ccc(C(C)(C)O)cc1.CCN(CCO)CCO.Cc1ccc(S)c(S)c1.OC/C=C\CO.OCC#CCO.OCC(F)(F)C(F)(F)C(F)(F)CO.OCCCCCCCCO.OCCOCC#CCOCCO.OCCOCCO.OCCOCCOCCO.OCCSSCCO.SCCCCCCCCS.SCCCCCCS.SCCS.Sc1ccc(Cl)c(S)c1.Sc1ccc(S)cc1. The number of halogens is 7. The first-order chi connectivity index (χ1) is 68.0. The van der Waals surface area contributed by atoms with Crippen LogP contribution in [0.3, 0.4) is 0 Å². The third-order valence-electron chi connectivity index (χ3n) is 15.5. The van der Waals surface area contributed by atoms with Crippen molar-refractivity contribution in [2.24, 2.45) is 0 Å². The predicted octanol–water partition coefficient (Wildman–Crippen LogP) is 13.7. The fourth-order valence-corrected chi connectivity index (χ4v) is 11.9. The summed E-state index contributed by atoms with van der Waals surface area (Å²) >= 11 is 54.6. The van der Waals surface area contributed by atoms with Crippen molar-refractivity contribution in [2.45, 2.75) is 203 Å². The minimum absolute atomic E-state index is 0.0144. The minimum atomic E-state index is -5.77. The number of rotatable bonds is 55. The lowest BCUT2D eigenvalue weighted by Gasteiger charge is -2.30. The number of aliphatic hydroxyl groups excluding tert-OH is 18. The predicted molar refractivity (Wildman–Crippen MR) is 615 cm³/mol. The third kappa shape index (κ3) is 139. The number of likely N-dealkylation sites (N-methyl/N-ethyl adjacent to an activating group) is 1. The van der Waals surface area contributed by atoms with E-state index in [0.717, 1.165) is 119 Å². The van der Waals surface area contributed by atoms with Crippen LogP contribution >= 0.6 is 185 Å². The van der Waals surface area contributed by atoms with E-state index in [1.54, 1.807) is 61.4 Å². The van der Waals surface area contributed by atoms with Crippen LogP contribution in [0.1, 0.15) is 154 Å². The maximum atomic E-state index is 12.2. The van der Waals surface area contributed by atoms with Crippen LogP contribution < -0.4 is 0 Å². The van der Waals surface area contributed by atoms with E-state index in [9.17, 15) is 36.6 Å². The van der Waals surface area contributed by atoms with Gasteiger partial charge >= 0.3 is 17.8 Å². The molecule has 20 N–H and O–H groups in total. The zero-order valence-electron chi connectivity index (χ0n) is 83.9. The number of unbranched alkanes of at least 4 members (excludes halogenated alkanes) is 13. The number of hydrogen-bond acceptors (Lipinski definition) is 40. The van der Waals surface area contributed by atoms with E-state index >= 15 is 0 Å². The molecule has 0 aliphatic carbocycles. The van der Waals surface area contributed by atoms with Gasteiger partial charge in [-0.25, -0.2) is 0 Å². The van der Waals surface area contributed by atoms with Gasteiger partial charge in [-0.05, 0) is 185 Å². The average Bonchev–Trinajstić information content (AvgIpc) is 0.773. The van der Waals surface area contributed by atoms with Crippen LogP contribution in [0.2, 0.25) is 5.02 Å². The molecule has 26 nitrogen and oxygen atoms in total. The summed E-state index contributed by atoms with van der Waals surface area (Å²) in [7, 11) is 3.17. The van der Waals surface area contributed by atoms with Gasteiger partial charge in [-0.3, -0.25) is 4.90 Å². The molecule has 47 heteroatoms. The quantitative estimate of drug-likeness (QED) is 0.00487. The topological polar surface area (TPSA) is 454 Å². The largest absolute Gasteiger partial charge is 0.396 e. The van der Waals surface area contributed by atoms with Crippen molar-refractivity contribution in [1.82, 2.24) is 4.90 Å². The maximum Gasteiger partial charge on any atom is 0.376 e. The van der Waals surface area contributed by atoms with E-state index in [1.165, 1.54) is 94.8 Å². The zero-order valence-corrected chi connectivity index (χ0v) is 97.0. The summed E-state index contributed by atoms with van der Waals surface area (Å²) in [5.41, 5.74) is 1.28. The van der Waals surface area contributed by atoms with Crippen molar-refractivity contribution in [3.05, 3.63) is 119 Å². The Bertz CT molecular complexity index is 3050. The number of aliphatic hydroxyl groups is 20. The molecule has 0 radical (unpaired) electrons. The van der Waals surface area contributed by atoms with E-state index < -0.39 is 42.2 Å². The van der Waals surface area contributed by atoms with Crippen molar-refractivity contribution in [3.63, 3.8) is 0 Å². The van der Waals surface area contributed by atoms with Gasteiger partial charge in [0.1, 0.15) is 39.6 Å². The maximum absolute atomic E-state index is 12.2. The van der Waals surface area contributed by atoms with Crippen molar-refractivity contribution in [2.75, 3.05) is 251 Å². The number of benzene rings is 4. The highest BCUT2D eigenvalue weighted by atomic mass is 35.5. The molecule has 4 rings (SSSR count). The minimum Gasteiger partial charge on any atom is -0.396 e. The fraction of sp³-hybridized carbons (Fsp3) is 0.688. The van der Waals surface area contributed by atoms with Gasteiger partial charge < -0.3 is 126 Å². The van der Waals surface area contributed by atoms with Crippen LogP contribution in [-0.2, 0) is 34.9 Å². The molecule has 0 spiro atoms. The molecule has 4 aromatic carbocycles. The summed E-state index contributed by atoms with van der Waals surface area (Å²) in [6.07, 6.45) is 22.7. The van der Waals surface area contributed by atoms with Gasteiger partial charge in [0.05, 0.1) is 148 Å². The molecule has 0 aromatic heterocycles. The third-order valence-corrected chi connectivity index (χ3v) is 22.5. The van der Waals surface area contributed by atoms with Gasteiger partial charge in [0, 0.05) is 67.2 Å². The Morgan fingerprint density at radius 1 is 0.343 bits per heavy atom. The number of alkyl halides is 6. The Kier molecular flexibility index (Phi) is 157. The number of aryl methyl sites for hydroxylation is 1. The first kappa shape index (κ1) is 168. The average molecular weight is 2340 g/mol. The van der Waals surface area contributed by atoms with Gasteiger partial charge in [0.25, 0.3) is 0 Å². The number of ether oxygens (including phenoxy) is 5. The van der Waals surface area contributed by atoms with E-state index in [-0.39, 0.29) is 92.5 Å². The summed E-state index contributed by atoms with van der Waals surface area (Å²) in [6, 6.07) is 26.3. The lowest BCUT2D eigenvalue weighted by Crippen LogP contribution is -2.57. The van der Waals surface area contributed by atoms with Gasteiger partial charge in [-0.2, -0.15) is 102 Å².